The summed E-state index contributed by atoms with van der Waals surface area (Å²) >= 11 is 1.76. The van der Waals surface area contributed by atoms with Gasteiger partial charge in [-0.25, -0.2) is 0 Å². The molecule has 2 fully saturated rings. The van der Waals surface area contributed by atoms with Gasteiger partial charge in [0, 0.05) is 40.2 Å². The molecule has 0 aliphatic carbocycles. The number of amides is 1. The fourth-order valence-electron chi connectivity index (χ4n) is 3.34. The molecule has 2 aliphatic heterocycles. The normalized spacial score (nSPS) is 24.2. The molecule has 1 spiro atoms. The third-order valence-corrected chi connectivity index (χ3v) is 5.60. The molecule has 1 aromatic heterocycles. The Balaban J connectivity index is 1.43. The molecule has 3 rings (SSSR count). The second kappa shape index (κ2) is 7.30. The van der Waals surface area contributed by atoms with E-state index in [1.165, 1.54) is 5.56 Å². The van der Waals surface area contributed by atoms with Gasteiger partial charge in [0.1, 0.15) is 6.61 Å². The van der Waals surface area contributed by atoms with Gasteiger partial charge in [-0.15, -0.1) is 0 Å². The highest BCUT2D eigenvalue weighted by molar-refractivity contribution is 7.07. The number of rotatable bonds is 5. The van der Waals surface area contributed by atoms with E-state index in [1.807, 2.05) is 0 Å². The van der Waals surface area contributed by atoms with Crippen molar-refractivity contribution in [3.8, 4) is 0 Å². The van der Waals surface area contributed by atoms with Crippen molar-refractivity contribution in [3.63, 3.8) is 0 Å². The number of piperidine rings is 1. The maximum Gasteiger partial charge on any atom is 0.248 e. The molecule has 0 saturated carbocycles. The standard InChI is InChI=1S/C17H26N2O3S/c1-18(2)16(20)12-21-15-9-17(22-11-15)4-6-19(7-5-17)10-14-3-8-23-13-14/h3,8,13,15H,4-7,9-12H2,1-2H3/t15-/m1/s1. The number of hydrogen-bond acceptors (Lipinski definition) is 5. The molecule has 1 aromatic rings. The molecule has 128 valence electrons. The average Bonchev–Trinajstić information content (AvgIpc) is 3.18. The number of likely N-dealkylation sites (tertiary alicyclic amines) is 1. The maximum atomic E-state index is 11.6. The van der Waals surface area contributed by atoms with Gasteiger partial charge in [-0.1, -0.05) is 0 Å². The SMILES string of the molecule is CN(C)C(=O)CO[C@H]1COC2(CCN(Cc3ccsc3)CC2)C1. The predicted molar refractivity (Wildman–Crippen MR) is 90.6 cm³/mol. The van der Waals surface area contributed by atoms with E-state index in [0.717, 1.165) is 38.9 Å². The largest absolute Gasteiger partial charge is 0.372 e. The molecule has 0 bridgehead atoms. The van der Waals surface area contributed by atoms with Gasteiger partial charge in [0.25, 0.3) is 0 Å². The van der Waals surface area contributed by atoms with Crippen molar-refractivity contribution >= 4 is 17.2 Å². The number of carbonyl (C=O) groups is 1. The first-order valence-electron chi connectivity index (χ1n) is 8.25. The topological polar surface area (TPSA) is 42.0 Å². The van der Waals surface area contributed by atoms with Crippen LogP contribution in [0.2, 0.25) is 0 Å². The quantitative estimate of drug-likeness (QED) is 0.823. The Morgan fingerprint density at radius 3 is 2.91 bits per heavy atom. The minimum Gasteiger partial charge on any atom is -0.372 e. The Labute approximate surface area is 142 Å². The number of nitrogens with zero attached hydrogens (tertiary/aromatic N) is 2. The van der Waals surface area contributed by atoms with Gasteiger partial charge in [0.2, 0.25) is 5.91 Å². The molecule has 23 heavy (non-hydrogen) atoms. The Bertz CT molecular complexity index is 510. The fraction of sp³-hybridized carbons (Fsp3) is 0.706. The summed E-state index contributed by atoms with van der Waals surface area (Å²) in [5, 5.41) is 4.36. The van der Waals surface area contributed by atoms with Gasteiger partial charge in [-0.2, -0.15) is 11.3 Å². The summed E-state index contributed by atoms with van der Waals surface area (Å²) in [6.07, 6.45) is 3.08. The highest BCUT2D eigenvalue weighted by Crippen LogP contribution is 2.37. The summed E-state index contributed by atoms with van der Waals surface area (Å²) < 4.78 is 11.8. The molecule has 0 radical (unpaired) electrons. The predicted octanol–water partition coefficient (Wildman–Crippen LogP) is 1.98. The zero-order chi connectivity index (χ0) is 16.3. The third kappa shape index (κ3) is 4.32. The van der Waals surface area contributed by atoms with Crippen molar-refractivity contribution in [1.29, 1.82) is 0 Å². The zero-order valence-electron chi connectivity index (χ0n) is 14.0. The van der Waals surface area contributed by atoms with Crippen LogP contribution in [-0.4, -0.2) is 67.8 Å². The van der Waals surface area contributed by atoms with Crippen molar-refractivity contribution in [3.05, 3.63) is 22.4 Å². The molecule has 5 nitrogen and oxygen atoms in total. The number of thiophene rings is 1. The van der Waals surface area contributed by atoms with Crippen LogP contribution in [-0.2, 0) is 20.8 Å². The highest BCUT2D eigenvalue weighted by atomic mass is 32.1. The molecule has 0 N–H and O–H groups in total. The van der Waals surface area contributed by atoms with Crippen LogP contribution >= 0.6 is 11.3 Å². The van der Waals surface area contributed by atoms with Crippen molar-refractivity contribution in [2.75, 3.05) is 40.4 Å². The molecular formula is C17H26N2O3S. The lowest BCUT2D eigenvalue weighted by molar-refractivity contribution is -0.135. The average molecular weight is 338 g/mol. The van der Waals surface area contributed by atoms with Crippen LogP contribution in [0.25, 0.3) is 0 Å². The van der Waals surface area contributed by atoms with Gasteiger partial charge >= 0.3 is 0 Å². The van der Waals surface area contributed by atoms with E-state index in [0.29, 0.717) is 6.61 Å². The molecule has 0 unspecified atom stereocenters. The van der Waals surface area contributed by atoms with Crippen LogP contribution in [0.1, 0.15) is 24.8 Å². The molecule has 3 heterocycles. The van der Waals surface area contributed by atoms with Crippen LogP contribution in [0.3, 0.4) is 0 Å². The van der Waals surface area contributed by atoms with Gasteiger partial charge in [0.05, 0.1) is 18.3 Å². The molecule has 2 saturated heterocycles. The smallest absolute Gasteiger partial charge is 0.248 e. The van der Waals surface area contributed by atoms with Crippen LogP contribution in [0.5, 0.6) is 0 Å². The van der Waals surface area contributed by atoms with E-state index in [2.05, 4.69) is 21.7 Å². The lowest BCUT2D eigenvalue weighted by Crippen LogP contribution is -2.43. The number of carbonyl (C=O) groups excluding carboxylic acids is 1. The number of likely N-dealkylation sites (N-methyl/N-ethyl adjacent to an activating group) is 1. The van der Waals surface area contributed by atoms with Gasteiger partial charge in [0.15, 0.2) is 0 Å². The summed E-state index contributed by atoms with van der Waals surface area (Å²) in [6, 6.07) is 2.20. The van der Waals surface area contributed by atoms with Crippen LogP contribution in [0.4, 0.5) is 0 Å². The lowest BCUT2D eigenvalue weighted by Gasteiger charge is -2.38. The minimum atomic E-state index is -0.0308. The summed E-state index contributed by atoms with van der Waals surface area (Å²) in [4.78, 5) is 15.7. The van der Waals surface area contributed by atoms with E-state index in [9.17, 15) is 4.79 Å². The molecule has 0 aromatic carbocycles. The second-order valence-electron chi connectivity index (χ2n) is 6.83. The van der Waals surface area contributed by atoms with E-state index in [4.69, 9.17) is 9.47 Å². The lowest BCUT2D eigenvalue weighted by atomic mass is 9.88. The summed E-state index contributed by atoms with van der Waals surface area (Å²) in [5.41, 5.74) is 1.37. The first-order chi connectivity index (χ1) is 11.1. The van der Waals surface area contributed by atoms with Crippen molar-refractivity contribution in [1.82, 2.24) is 9.80 Å². The van der Waals surface area contributed by atoms with E-state index in [1.54, 1.807) is 30.3 Å². The van der Waals surface area contributed by atoms with E-state index < -0.39 is 0 Å². The minimum absolute atomic E-state index is 0.0107. The van der Waals surface area contributed by atoms with E-state index in [-0.39, 0.29) is 24.2 Å². The number of hydrogen-bond donors (Lipinski definition) is 0. The monoisotopic (exact) mass is 338 g/mol. The molecule has 6 heteroatoms. The molecule has 2 aliphatic rings. The summed E-state index contributed by atoms with van der Waals surface area (Å²) in [7, 11) is 3.50. The number of ether oxygens (including phenoxy) is 2. The summed E-state index contributed by atoms with van der Waals surface area (Å²) in [6.45, 7) is 3.95. The molecule has 1 atom stereocenters. The second-order valence-corrected chi connectivity index (χ2v) is 7.61. The van der Waals surface area contributed by atoms with Crippen LogP contribution in [0, 0.1) is 0 Å². The molecule has 1 amide bonds. The van der Waals surface area contributed by atoms with Crippen molar-refractivity contribution in [2.45, 2.75) is 37.5 Å². The van der Waals surface area contributed by atoms with Crippen molar-refractivity contribution in [2.24, 2.45) is 0 Å². The highest BCUT2D eigenvalue weighted by Gasteiger charge is 2.43. The Kier molecular flexibility index (Phi) is 5.36. The van der Waals surface area contributed by atoms with Gasteiger partial charge in [-0.05, 0) is 35.2 Å². The Morgan fingerprint density at radius 1 is 1.48 bits per heavy atom. The Hall–Kier alpha value is -0.950. The Morgan fingerprint density at radius 2 is 2.26 bits per heavy atom. The van der Waals surface area contributed by atoms with Crippen LogP contribution in [0.15, 0.2) is 16.8 Å². The van der Waals surface area contributed by atoms with E-state index >= 15 is 0 Å². The zero-order valence-corrected chi connectivity index (χ0v) is 14.8. The molecular weight excluding hydrogens is 312 g/mol. The van der Waals surface area contributed by atoms with Crippen molar-refractivity contribution < 1.29 is 14.3 Å². The van der Waals surface area contributed by atoms with Gasteiger partial charge < -0.3 is 14.4 Å². The maximum absolute atomic E-state index is 11.6. The first kappa shape index (κ1) is 16.9. The fourth-order valence-corrected chi connectivity index (χ4v) is 4.00. The van der Waals surface area contributed by atoms with Crippen LogP contribution < -0.4 is 0 Å². The first-order valence-corrected chi connectivity index (χ1v) is 9.20. The third-order valence-electron chi connectivity index (χ3n) is 4.87. The summed E-state index contributed by atoms with van der Waals surface area (Å²) in [5.74, 6) is 0.0107. The van der Waals surface area contributed by atoms with Gasteiger partial charge in [-0.3, -0.25) is 9.69 Å².